The zero-order chi connectivity index (χ0) is 26.1. The molecule has 0 bridgehead atoms. The predicted octanol–water partition coefficient (Wildman–Crippen LogP) is 5.15. The molecule has 7 heteroatoms. The van der Waals surface area contributed by atoms with Gasteiger partial charge in [0.1, 0.15) is 18.1 Å². The van der Waals surface area contributed by atoms with Crippen LogP contribution in [0, 0.1) is 6.92 Å². The Labute approximate surface area is 218 Å². The number of aryl methyl sites for hydroxylation is 1. The first kappa shape index (κ1) is 25.0. The number of fused-ring (bicyclic) bond motifs is 1. The molecule has 2 atom stereocenters. The summed E-state index contributed by atoms with van der Waals surface area (Å²) in [6.07, 6.45) is 4.27. The van der Waals surface area contributed by atoms with E-state index in [9.17, 15) is 4.79 Å². The summed E-state index contributed by atoms with van der Waals surface area (Å²) in [4.78, 5) is 19.7. The van der Waals surface area contributed by atoms with Gasteiger partial charge in [0.15, 0.2) is 0 Å². The van der Waals surface area contributed by atoms with E-state index in [4.69, 9.17) is 15.5 Å². The Bertz CT molecular complexity index is 1440. The van der Waals surface area contributed by atoms with Gasteiger partial charge >= 0.3 is 0 Å². The Hall–Kier alpha value is -3.71. The van der Waals surface area contributed by atoms with Crippen molar-refractivity contribution < 1.29 is 9.53 Å². The first-order valence-electron chi connectivity index (χ1n) is 13.1. The molecule has 192 valence electrons. The van der Waals surface area contributed by atoms with Crippen LogP contribution in [0.4, 0.5) is 0 Å². The van der Waals surface area contributed by atoms with Crippen molar-refractivity contribution >= 4 is 16.8 Å². The van der Waals surface area contributed by atoms with Gasteiger partial charge in [-0.3, -0.25) is 9.48 Å². The summed E-state index contributed by atoms with van der Waals surface area (Å²) in [7, 11) is 2.13. The number of hydrogen-bond acceptors (Lipinski definition) is 5. The first-order valence-corrected chi connectivity index (χ1v) is 13.1. The van der Waals surface area contributed by atoms with Crippen LogP contribution in [0.15, 0.2) is 54.7 Å². The summed E-state index contributed by atoms with van der Waals surface area (Å²) in [5, 5.41) is 5.76. The van der Waals surface area contributed by atoms with Crippen LogP contribution < -0.4 is 10.5 Å². The van der Waals surface area contributed by atoms with Gasteiger partial charge in [0, 0.05) is 35.7 Å². The summed E-state index contributed by atoms with van der Waals surface area (Å²) >= 11 is 0. The fourth-order valence-electron chi connectivity index (χ4n) is 5.41. The fraction of sp³-hybridized carbons (Fsp3) is 0.367. The summed E-state index contributed by atoms with van der Waals surface area (Å²) in [6, 6.07) is 16.5. The molecule has 2 aromatic carbocycles. The van der Waals surface area contributed by atoms with Gasteiger partial charge in [-0.1, -0.05) is 25.1 Å². The highest BCUT2D eigenvalue weighted by Crippen LogP contribution is 2.37. The Kier molecular flexibility index (Phi) is 6.98. The lowest BCUT2D eigenvalue weighted by atomic mass is 9.85. The highest BCUT2D eigenvalue weighted by molar-refractivity contribution is 5.95. The molecule has 1 fully saturated rings. The minimum atomic E-state index is -0.445. The molecule has 0 spiro atoms. The number of aromatic nitrogens is 3. The number of likely N-dealkylation sites (tertiary alicyclic amines) is 1. The molecule has 4 aromatic rings. The molecule has 1 aliphatic rings. The van der Waals surface area contributed by atoms with E-state index in [-0.39, 0.29) is 5.92 Å². The van der Waals surface area contributed by atoms with Gasteiger partial charge in [-0.15, -0.1) is 0 Å². The first-order chi connectivity index (χ1) is 17.9. The van der Waals surface area contributed by atoms with E-state index >= 15 is 0 Å². The Morgan fingerprint density at radius 1 is 1.16 bits per heavy atom. The van der Waals surface area contributed by atoms with Crippen LogP contribution in [0.5, 0.6) is 5.75 Å². The number of hydrogen-bond donors (Lipinski definition) is 1. The largest absolute Gasteiger partial charge is 0.492 e. The van der Waals surface area contributed by atoms with Crippen molar-refractivity contribution in [2.24, 2.45) is 5.73 Å². The highest BCUT2D eigenvalue weighted by atomic mass is 16.5. The van der Waals surface area contributed by atoms with Gasteiger partial charge in [0.2, 0.25) is 5.91 Å². The van der Waals surface area contributed by atoms with E-state index in [1.807, 2.05) is 42.1 Å². The predicted molar refractivity (Wildman–Crippen MR) is 147 cm³/mol. The maximum absolute atomic E-state index is 12.4. The number of likely N-dealkylation sites (N-methyl/N-ethyl adjacent to an activating group) is 1. The molecule has 5 rings (SSSR count). The Morgan fingerprint density at radius 2 is 1.97 bits per heavy atom. The molecular formula is C30H35N5O2. The molecule has 1 saturated heterocycles. The minimum absolute atomic E-state index is 0.0317. The van der Waals surface area contributed by atoms with E-state index in [1.54, 1.807) is 6.07 Å². The SMILES string of the molecule is CCn1ccc(-c2cc([C@H](C)c3cc(OC[C@@H]4CCCN4C)cc(C(N)=O)c3C)c3ccccc3n2)n1. The molecule has 1 amide bonds. The molecular weight excluding hydrogens is 462 g/mol. The van der Waals surface area contributed by atoms with E-state index in [0.717, 1.165) is 58.5 Å². The molecule has 2 N–H and O–H groups in total. The smallest absolute Gasteiger partial charge is 0.249 e. The number of amides is 1. The summed E-state index contributed by atoms with van der Waals surface area (Å²) in [6.45, 7) is 8.68. The number of benzene rings is 2. The number of rotatable bonds is 8. The van der Waals surface area contributed by atoms with Crippen LogP contribution in [0.1, 0.15) is 59.7 Å². The standard InChI is InChI=1S/C30H35N5O2/c1-5-35-14-12-28(33-35)29-17-25(23-10-6-7-11-27(23)32-29)19(2)24-15-22(16-26(20(24)3)30(31)36)37-18-21-9-8-13-34(21)4/h6-7,10-12,14-17,19,21H,5,8-9,13,18H2,1-4H3,(H2,31,36)/t19-,21+/m1/s1. The molecule has 37 heavy (non-hydrogen) atoms. The summed E-state index contributed by atoms with van der Waals surface area (Å²) in [5.74, 6) is 0.206. The van der Waals surface area contributed by atoms with Gasteiger partial charge in [-0.25, -0.2) is 4.98 Å². The van der Waals surface area contributed by atoms with Gasteiger partial charge in [-0.2, -0.15) is 5.10 Å². The third-order valence-corrected chi connectivity index (χ3v) is 7.71. The lowest BCUT2D eigenvalue weighted by Gasteiger charge is -2.23. The maximum atomic E-state index is 12.4. The molecule has 2 aromatic heterocycles. The quantitative estimate of drug-likeness (QED) is 0.364. The average Bonchev–Trinajstić information content (AvgIpc) is 3.55. The van der Waals surface area contributed by atoms with Crippen molar-refractivity contribution in [3.63, 3.8) is 0 Å². The number of para-hydroxylation sites is 1. The fourth-order valence-corrected chi connectivity index (χ4v) is 5.41. The topological polar surface area (TPSA) is 86.3 Å². The lowest BCUT2D eigenvalue weighted by Crippen LogP contribution is -2.30. The normalized spacial score (nSPS) is 16.8. The number of primary amides is 1. The van der Waals surface area contributed by atoms with Gasteiger partial charge in [-0.05, 0) is 87.3 Å². The van der Waals surface area contributed by atoms with E-state index in [0.29, 0.717) is 24.0 Å². The number of ether oxygens (including phenoxy) is 1. The van der Waals surface area contributed by atoms with Crippen molar-refractivity contribution in [3.05, 3.63) is 77.0 Å². The average molecular weight is 498 g/mol. The van der Waals surface area contributed by atoms with E-state index in [1.165, 1.54) is 6.42 Å². The van der Waals surface area contributed by atoms with Gasteiger partial charge in [0.25, 0.3) is 0 Å². The third-order valence-electron chi connectivity index (χ3n) is 7.71. The molecule has 7 nitrogen and oxygen atoms in total. The number of nitrogens with two attached hydrogens (primary N) is 1. The van der Waals surface area contributed by atoms with Crippen molar-refractivity contribution in [2.75, 3.05) is 20.2 Å². The second-order valence-corrected chi connectivity index (χ2v) is 10.0. The summed E-state index contributed by atoms with van der Waals surface area (Å²) < 4.78 is 8.16. The van der Waals surface area contributed by atoms with Crippen LogP contribution in [0.2, 0.25) is 0 Å². The van der Waals surface area contributed by atoms with E-state index < -0.39 is 5.91 Å². The molecule has 0 aliphatic carbocycles. The Morgan fingerprint density at radius 3 is 2.68 bits per heavy atom. The maximum Gasteiger partial charge on any atom is 0.249 e. The number of nitrogens with zero attached hydrogens (tertiary/aromatic N) is 4. The zero-order valence-corrected chi connectivity index (χ0v) is 22.1. The molecule has 0 unspecified atom stereocenters. The van der Waals surface area contributed by atoms with Crippen LogP contribution >= 0.6 is 0 Å². The van der Waals surface area contributed by atoms with Crippen molar-refractivity contribution in [1.82, 2.24) is 19.7 Å². The molecule has 3 heterocycles. The zero-order valence-electron chi connectivity index (χ0n) is 22.1. The van der Waals surface area contributed by atoms with Crippen molar-refractivity contribution in [3.8, 4) is 17.1 Å². The van der Waals surface area contributed by atoms with Gasteiger partial charge in [0.05, 0.1) is 11.2 Å². The highest BCUT2D eigenvalue weighted by Gasteiger charge is 2.24. The monoisotopic (exact) mass is 497 g/mol. The van der Waals surface area contributed by atoms with Crippen LogP contribution in [-0.4, -0.2) is 51.8 Å². The third kappa shape index (κ3) is 4.96. The molecule has 0 radical (unpaired) electrons. The van der Waals surface area contributed by atoms with Crippen LogP contribution in [-0.2, 0) is 6.54 Å². The number of pyridine rings is 1. The van der Waals surface area contributed by atoms with Crippen LogP contribution in [0.3, 0.4) is 0 Å². The van der Waals surface area contributed by atoms with E-state index in [2.05, 4.69) is 49.1 Å². The number of carbonyl (C=O) groups excluding carboxylic acids is 1. The van der Waals surface area contributed by atoms with Crippen molar-refractivity contribution in [1.29, 1.82) is 0 Å². The lowest BCUT2D eigenvalue weighted by molar-refractivity contribution is 0.0999. The minimum Gasteiger partial charge on any atom is -0.492 e. The number of carbonyl (C=O) groups is 1. The Balaban J connectivity index is 1.58. The summed E-state index contributed by atoms with van der Waals surface area (Å²) in [5.41, 5.74) is 11.9. The molecule has 0 saturated carbocycles. The van der Waals surface area contributed by atoms with Crippen molar-refractivity contribution in [2.45, 2.75) is 52.1 Å². The molecule has 1 aliphatic heterocycles. The second kappa shape index (κ2) is 10.3. The van der Waals surface area contributed by atoms with Gasteiger partial charge < -0.3 is 15.4 Å². The van der Waals surface area contributed by atoms with Crippen LogP contribution in [0.25, 0.3) is 22.3 Å². The second-order valence-electron chi connectivity index (χ2n) is 10.0.